The van der Waals surface area contributed by atoms with Gasteiger partial charge >= 0.3 is 0 Å². The van der Waals surface area contributed by atoms with Crippen LogP contribution in [0.2, 0.25) is 0 Å². The number of halogens is 1. The minimum atomic E-state index is -0.189. The van der Waals surface area contributed by atoms with Gasteiger partial charge in [0, 0.05) is 12.3 Å². The Kier molecular flexibility index (Phi) is 4.15. The maximum absolute atomic E-state index is 11.4. The van der Waals surface area contributed by atoms with E-state index in [0.29, 0.717) is 6.42 Å². The first-order valence-corrected chi connectivity index (χ1v) is 5.26. The number of benzene rings is 1. The molecule has 0 heterocycles. The van der Waals surface area contributed by atoms with Crippen molar-refractivity contribution in [3.8, 4) is 0 Å². The minimum absolute atomic E-state index is 0.0694. The number of carbonyl (C=O) groups is 1. The highest BCUT2D eigenvalue weighted by Crippen LogP contribution is 2.25. The Labute approximate surface area is 90.1 Å². The Balaban J connectivity index is 2.59. The van der Waals surface area contributed by atoms with Crippen LogP contribution in [0.25, 0.3) is 0 Å². The summed E-state index contributed by atoms with van der Waals surface area (Å²) in [5, 5.41) is -0.189. The third kappa shape index (κ3) is 3.15. The highest BCUT2D eigenvalue weighted by molar-refractivity contribution is 6.22. The smallest absolute Gasteiger partial charge is 0.137 e. The standard InChI is InChI=1S/C12H15ClO/c1-9(2)12(14)8-11(13)10-6-4-3-5-7-10/h3-7,9,11H,8H2,1-2H3. The van der Waals surface area contributed by atoms with Crippen LogP contribution in [-0.2, 0) is 4.79 Å². The highest BCUT2D eigenvalue weighted by Gasteiger charge is 2.14. The van der Waals surface area contributed by atoms with Crippen molar-refractivity contribution in [1.29, 1.82) is 0 Å². The first-order valence-electron chi connectivity index (χ1n) is 4.83. The number of carbonyl (C=O) groups excluding carboxylic acids is 1. The van der Waals surface area contributed by atoms with Crippen molar-refractivity contribution in [3.05, 3.63) is 35.9 Å². The molecule has 0 N–H and O–H groups in total. The van der Waals surface area contributed by atoms with E-state index in [1.165, 1.54) is 0 Å². The van der Waals surface area contributed by atoms with Crippen molar-refractivity contribution >= 4 is 17.4 Å². The zero-order valence-corrected chi connectivity index (χ0v) is 9.29. The van der Waals surface area contributed by atoms with Gasteiger partial charge in [-0.1, -0.05) is 44.2 Å². The molecular formula is C12H15ClO. The average molecular weight is 211 g/mol. The molecule has 0 spiro atoms. The van der Waals surface area contributed by atoms with E-state index in [9.17, 15) is 4.79 Å². The second kappa shape index (κ2) is 5.16. The van der Waals surface area contributed by atoms with Crippen LogP contribution in [0.1, 0.15) is 31.2 Å². The number of alkyl halides is 1. The molecule has 1 unspecified atom stereocenters. The Morgan fingerprint density at radius 2 is 1.86 bits per heavy atom. The molecule has 0 aliphatic carbocycles. The van der Waals surface area contributed by atoms with Gasteiger partial charge in [0.05, 0.1) is 5.38 Å². The fraction of sp³-hybridized carbons (Fsp3) is 0.417. The molecule has 1 atom stereocenters. The largest absolute Gasteiger partial charge is 0.299 e. The molecule has 1 aromatic carbocycles. The van der Waals surface area contributed by atoms with Crippen LogP contribution in [-0.4, -0.2) is 5.78 Å². The van der Waals surface area contributed by atoms with E-state index in [1.807, 2.05) is 44.2 Å². The lowest BCUT2D eigenvalue weighted by atomic mass is 10.0. The molecule has 0 aromatic heterocycles. The molecular weight excluding hydrogens is 196 g/mol. The Morgan fingerprint density at radius 1 is 1.29 bits per heavy atom. The van der Waals surface area contributed by atoms with Crippen molar-refractivity contribution in [2.75, 3.05) is 0 Å². The van der Waals surface area contributed by atoms with Crippen LogP contribution < -0.4 is 0 Å². The third-order valence-electron chi connectivity index (χ3n) is 2.19. The molecule has 0 fully saturated rings. The molecule has 0 saturated carbocycles. The summed E-state index contributed by atoms with van der Waals surface area (Å²) >= 11 is 6.12. The third-order valence-corrected chi connectivity index (χ3v) is 2.59. The molecule has 1 rings (SSSR count). The molecule has 0 amide bonds. The number of hydrogen-bond acceptors (Lipinski definition) is 1. The fourth-order valence-corrected chi connectivity index (χ4v) is 1.49. The van der Waals surface area contributed by atoms with Gasteiger partial charge in [0.1, 0.15) is 5.78 Å². The lowest BCUT2D eigenvalue weighted by Crippen LogP contribution is -2.09. The minimum Gasteiger partial charge on any atom is -0.299 e. The normalized spacial score (nSPS) is 12.9. The summed E-state index contributed by atoms with van der Waals surface area (Å²) in [7, 11) is 0. The van der Waals surface area contributed by atoms with Gasteiger partial charge in [-0.15, -0.1) is 11.6 Å². The zero-order chi connectivity index (χ0) is 10.6. The van der Waals surface area contributed by atoms with Crippen molar-refractivity contribution < 1.29 is 4.79 Å². The number of ketones is 1. The maximum Gasteiger partial charge on any atom is 0.137 e. The average Bonchev–Trinajstić information content (AvgIpc) is 2.19. The van der Waals surface area contributed by atoms with Crippen LogP contribution >= 0.6 is 11.6 Å². The zero-order valence-electron chi connectivity index (χ0n) is 8.53. The SMILES string of the molecule is CC(C)C(=O)CC(Cl)c1ccccc1. The summed E-state index contributed by atoms with van der Waals surface area (Å²) in [6, 6.07) is 9.71. The second-order valence-electron chi connectivity index (χ2n) is 3.70. The molecule has 0 saturated heterocycles. The lowest BCUT2D eigenvalue weighted by molar-refractivity contribution is -0.121. The van der Waals surface area contributed by atoms with Crippen molar-refractivity contribution in [2.45, 2.75) is 25.6 Å². The lowest BCUT2D eigenvalue weighted by Gasteiger charge is -2.10. The second-order valence-corrected chi connectivity index (χ2v) is 4.23. The Bertz CT molecular complexity index is 292. The summed E-state index contributed by atoms with van der Waals surface area (Å²) in [6.45, 7) is 3.80. The van der Waals surface area contributed by atoms with E-state index < -0.39 is 0 Å². The molecule has 1 nitrogen and oxygen atoms in total. The summed E-state index contributed by atoms with van der Waals surface area (Å²) in [4.78, 5) is 11.4. The van der Waals surface area contributed by atoms with Crippen molar-refractivity contribution in [2.24, 2.45) is 5.92 Å². The molecule has 76 valence electrons. The molecule has 2 heteroatoms. The van der Waals surface area contributed by atoms with E-state index in [0.717, 1.165) is 5.56 Å². The van der Waals surface area contributed by atoms with E-state index in [-0.39, 0.29) is 17.1 Å². The Hall–Kier alpha value is -0.820. The molecule has 0 radical (unpaired) electrons. The summed E-state index contributed by atoms with van der Waals surface area (Å²) in [5.74, 6) is 0.286. The van der Waals surface area contributed by atoms with Gasteiger partial charge in [-0.25, -0.2) is 0 Å². The van der Waals surface area contributed by atoms with E-state index in [4.69, 9.17) is 11.6 Å². The van der Waals surface area contributed by atoms with Crippen LogP contribution in [0.5, 0.6) is 0 Å². The first kappa shape index (κ1) is 11.3. The highest BCUT2D eigenvalue weighted by atomic mass is 35.5. The molecule has 0 bridgehead atoms. The predicted molar refractivity (Wildman–Crippen MR) is 59.5 cm³/mol. The number of hydrogen-bond donors (Lipinski definition) is 0. The molecule has 0 aliphatic heterocycles. The molecule has 14 heavy (non-hydrogen) atoms. The van der Waals surface area contributed by atoms with Crippen molar-refractivity contribution in [1.82, 2.24) is 0 Å². The summed E-state index contributed by atoms with van der Waals surface area (Å²) in [6.07, 6.45) is 0.420. The fourth-order valence-electron chi connectivity index (χ4n) is 1.19. The molecule has 0 aliphatic rings. The van der Waals surface area contributed by atoms with Crippen LogP contribution in [0.4, 0.5) is 0 Å². The maximum atomic E-state index is 11.4. The van der Waals surface area contributed by atoms with Crippen LogP contribution in [0.15, 0.2) is 30.3 Å². The molecule has 1 aromatic rings. The summed E-state index contributed by atoms with van der Waals surface area (Å²) < 4.78 is 0. The van der Waals surface area contributed by atoms with Gasteiger partial charge in [0.15, 0.2) is 0 Å². The van der Waals surface area contributed by atoms with E-state index in [2.05, 4.69) is 0 Å². The van der Waals surface area contributed by atoms with Gasteiger partial charge in [-0.05, 0) is 5.56 Å². The van der Waals surface area contributed by atoms with E-state index >= 15 is 0 Å². The first-order chi connectivity index (χ1) is 6.61. The predicted octanol–water partition coefficient (Wildman–Crippen LogP) is 3.58. The van der Waals surface area contributed by atoms with Crippen molar-refractivity contribution in [3.63, 3.8) is 0 Å². The van der Waals surface area contributed by atoms with Gasteiger partial charge < -0.3 is 0 Å². The van der Waals surface area contributed by atoms with Gasteiger partial charge in [0.25, 0.3) is 0 Å². The quantitative estimate of drug-likeness (QED) is 0.695. The van der Waals surface area contributed by atoms with Crippen LogP contribution in [0.3, 0.4) is 0 Å². The Morgan fingerprint density at radius 3 is 2.36 bits per heavy atom. The van der Waals surface area contributed by atoms with Gasteiger partial charge in [-0.3, -0.25) is 4.79 Å². The summed E-state index contributed by atoms with van der Waals surface area (Å²) in [5.41, 5.74) is 1.02. The topological polar surface area (TPSA) is 17.1 Å². The van der Waals surface area contributed by atoms with Crippen LogP contribution in [0, 0.1) is 5.92 Å². The monoisotopic (exact) mass is 210 g/mol. The number of Topliss-reactive ketones (excluding diaryl/α,β-unsaturated/α-hetero) is 1. The number of rotatable bonds is 4. The van der Waals surface area contributed by atoms with Gasteiger partial charge in [0.2, 0.25) is 0 Å². The van der Waals surface area contributed by atoms with E-state index in [1.54, 1.807) is 0 Å². The van der Waals surface area contributed by atoms with Gasteiger partial charge in [-0.2, -0.15) is 0 Å².